The second-order valence-corrected chi connectivity index (χ2v) is 13.2. The predicted octanol–water partition coefficient (Wildman–Crippen LogP) is 3.52. The molecule has 228 valence electrons. The second kappa shape index (κ2) is 11.9. The highest BCUT2D eigenvalue weighted by atomic mass is 16.6. The van der Waals surface area contributed by atoms with Crippen molar-refractivity contribution in [1.82, 2.24) is 10.6 Å². The topological polar surface area (TPSA) is 154 Å². The fraction of sp³-hybridized carbons (Fsp3) is 0.774. The van der Waals surface area contributed by atoms with E-state index in [1.807, 2.05) is 6.92 Å². The van der Waals surface area contributed by atoms with Gasteiger partial charge in [-0.1, -0.05) is 37.9 Å². The molecule has 0 spiro atoms. The SMILES string of the molecule is CCC[C@@H](NC(=O)[C@@H](C)NC(=O)CO/N=C1\C=C2CC[C@@H]3[C@H](CC[C@@]4(C)[C@H]3CC[C@]4(O)C(C)=O)[C@@]2(C)CC1)C(=O)O. The van der Waals surface area contributed by atoms with Crippen LogP contribution in [0.1, 0.15) is 98.8 Å². The molecule has 4 aliphatic rings. The van der Waals surface area contributed by atoms with Gasteiger partial charge in [-0.15, -0.1) is 0 Å². The number of hydrogen-bond acceptors (Lipinski definition) is 7. The number of oxime groups is 1. The summed E-state index contributed by atoms with van der Waals surface area (Å²) in [6.45, 7) is 9.02. The van der Waals surface area contributed by atoms with Gasteiger partial charge in [-0.3, -0.25) is 14.4 Å². The van der Waals surface area contributed by atoms with Crippen molar-refractivity contribution in [1.29, 1.82) is 0 Å². The van der Waals surface area contributed by atoms with Gasteiger partial charge in [0.05, 0.1) is 5.71 Å². The Balaban J connectivity index is 1.33. The van der Waals surface area contributed by atoms with Crippen LogP contribution in [-0.4, -0.2) is 63.8 Å². The number of fused-ring (bicyclic) bond motifs is 5. The van der Waals surface area contributed by atoms with Gasteiger partial charge in [-0.2, -0.15) is 0 Å². The summed E-state index contributed by atoms with van der Waals surface area (Å²) in [6.07, 6.45) is 10.0. The number of Topliss-reactive ketones (excluding diaryl/α,β-unsaturated/α-hetero) is 1. The minimum atomic E-state index is -1.20. The highest BCUT2D eigenvalue weighted by Gasteiger charge is 2.65. The van der Waals surface area contributed by atoms with Crippen molar-refractivity contribution < 1.29 is 34.2 Å². The molecule has 10 heteroatoms. The number of aliphatic hydroxyl groups is 1. The Morgan fingerprint density at radius 2 is 1.78 bits per heavy atom. The fourth-order valence-corrected chi connectivity index (χ4v) is 8.60. The number of hydrogen-bond donors (Lipinski definition) is 4. The van der Waals surface area contributed by atoms with E-state index in [-0.39, 0.29) is 23.2 Å². The lowest BCUT2D eigenvalue weighted by Gasteiger charge is -2.59. The number of carbonyl (C=O) groups excluding carboxylic acids is 3. The molecule has 0 aromatic rings. The third kappa shape index (κ3) is 5.68. The van der Waals surface area contributed by atoms with Crippen molar-refractivity contribution in [2.75, 3.05) is 6.61 Å². The van der Waals surface area contributed by atoms with Gasteiger partial charge >= 0.3 is 5.97 Å². The van der Waals surface area contributed by atoms with E-state index in [0.717, 1.165) is 50.7 Å². The lowest BCUT2D eigenvalue weighted by atomic mass is 9.46. The first-order valence-corrected chi connectivity index (χ1v) is 15.2. The van der Waals surface area contributed by atoms with Crippen molar-refractivity contribution in [3.8, 4) is 0 Å². The molecule has 4 rings (SSSR count). The summed E-state index contributed by atoms with van der Waals surface area (Å²) in [5.74, 6) is -0.915. The molecular formula is C31H47N3O7. The number of nitrogens with zero attached hydrogens (tertiary/aromatic N) is 1. The summed E-state index contributed by atoms with van der Waals surface area (Å²) in [4.78, 5) is 53.7. The van der Waals surface area contributed by atoms with E-state index in [1.165, 1.54) is 12.5 Å². The van der Waals surface area contributed by atoms with Crippen LogP contribution in [0.15, 0.2) is 16.8 Å². The van der Waals surface area contributed by atoms with Crippen LogP contribution in [0, 0.1) is 28.6 Å². The molecular weight excluding hydrogens is 526 g/mol. The molecule has 0 radical (unpaired) electrons. The second-order valence-electron chi connectivity index (χ2n) is 13.2. The number of carboxylic acids is 1. The molecule has 0 bridgehead atoms. The van der Waals surface area contributed by atoms with Crippen LogP contribution in [0.2, 0.25) is 0 Å². The summed E-state index contributed by atoms with van der Waals surface area (Å²) in [6, 6.07) is -1.90. The summed E-state index contributed by atoms with van der Waals surface area (Å²) < 4.78 is 0. The zero-order valence-corrected chi connectivity index (χ0v) is 25.1. The first kappa shape index (κ1) is 31.2. The van der Waals surface area contributed by atoms with E-state index < -0.39 is 35.5 Å². The molecule has 2 amide bonds. The van der Waals surface area contributed by atoms with E-state index in [0.29, 0.717) is 37.0 Å². The maximum atomic E-state index is 12.5. The van der Waals surface area contributed by atoms with Crippen LogP contribution in [-0.2, 0) is 24.0 Å². The van der Waals surface area contributed by atoms with Crippen molar-refractivity contribution in [2.45, 2.75) is 117 Å². The van der Waals surface area contributed by atoms with Crippen LogP contribution >= 0.6 is 0 Å². The van der Waals surface area contributed by atoms with Crippen molar-refractivity contribution in [2.24, 2.45) is 33.7 Å². The standard InChI is InChI=1S/C31H47N3O7/c1-6-7-25(28(38)39)33-27(37)18(2)32-26(36)17-41-34-21-10-13-29(4)20(16-21)8-9-22-23(29)11-14-30(5)24(22)12-15-31(30,40)19(3)35/h16,18,22-25,40H,6-15,17H2,1-5H3,(H,32,36)(H,33,37)(H,38,39)/b34-21-/t18-,22-,23+,24+,25-,29+,30+,31+/m1/s1. The Morgan fingerprint density at radius 3 is 2.44 bits per heavy atom. The van der Waals surface area contributed by atoms with Gasteiger partial charge in [0.2, 0.25) is 5.91 Å². The molecule has 8 atom stereocenters. The van der Waals surface area contributed by atoms with E-state index in [1.54, 1.807) is 6.92 Å². The number of ketones is 1. The maximum Gasteiger partial charge on any atom is 0.326 e. The maximum absolute atomic E-state index is 12.5. The fourth-order valence-electron chi connectivity index (χ4n) is 8.60. The normalized spacial score (nSPS) is 36.6. The van der Waals surface area contributed by atoms with E-state index in [2.05, 4.69) is 35.7 Å². The number of nitrogens with one attached hydrogen (secondary N) is 2. The molecule has 0 unspecified atom stereocenters. The van der Waals surface area contributed by atoms with Gasteiger partial charge in [0.15, 0.2) is 12.4 Å². The van der Waals surface area contributed by atoms with Crippen molar-refractivity contribution in [3.05, 3.63) is 11.6 Å². The molecule has 0 aromatic heterocycles. The lowest BCUT2D eigenvalue weighted by Crippen LogP contribution is -2.57. The number of aliphatic carboxylic acids is 1. The van der Waals surface area contributed by atoms with Crippen molar-refractivity contribution >= 4 is 29.3 Å². The van der Waals surface area contributed by atoms with Gasteiger partial charge in [0, 0.05) is 5.41 Å². The predicted molar refractivity (Wildman–Crippen MR) is 153 cm³/mol. The molecule has 0 heterocycles. The zero-order chi connectivity index (χ0) is 30.2. The lowest BCUT2D eigenvalue weighted by molar-refractivity contribution is -0.159. The Morgan fingerprint density at radius 1 is 1.07 bits per heavy atom. The van der Waals surface area contributed by atoms with Crippen LogP contribution < -0.4 is 10.6 Å². The third-order valence-electron chi connectivity index (χ3n) is 11.1. The number of carboxylic acid groups (broad SMARTS) is 1. The van der Waals surface area contributed by atoms with Gasteiger partial charge in [-0.05, 0) is 101 Å². The highest BCUT2D eigenvalue weighted by Crippen LogP contribution is 2.67. The molecule has 41 heavy (non-hydrogen) atoms. The molecule has 3 saturated carbocycles. The molecule has 0 saturated heterocycles. The summed E-state index contributed by atoms with van der Waals surface area (Å²) in [5, 5.41) is 29.8. The third-order valence-corrected chi connectivity index (χ3v) is 11.1. The Labute approximate surface area is 242 Å². The number of rotatable bonds is 10. The van der Waals surface area contributed by atoms with Gasteiger partial charge < -0.3 is 25.7 Å². The zero-order valence-electron chi connectivity index (χ0n) is 25.1. The van der Waals surface area contributed by atoms with E-state index >= 15 is 0 Å². The first-order valence-electron chi connectivity index (χ1n) is 15.2. The van der Waals surface area contributed by atoms with E-state index in [4.69, 9.17) is 4.84 Å². The largest absolute Gasteiger partial charge is 0.480 e. The smallest absolute Gasteiger partial charge is 0.326 e. The molecule has 4 aliphatic carbocycles. The molecule has 0 aromatic carbocycles. The Kier molecular flexibility index (Phi) is 9.02. The number of amides is 2. The summed E-state index contributed by atoms with van der Waals surface area (Å²) in [5.41, 5.74) is 0.661. The van der Waals surface area contributed by atoms with Gasteiger partial charge in [0.1, 0.15) is 17.7 Å². The van der Waals surface area contributed by atoms with E-state index in [9.17, 15) is 29.4 Å². The molecule has 3 fully saturated rings. The highest BCUT2D eigenvalue weighted by molar-refractivity contribution is 5.96. The average molecular weight is 574 g/mol. The summed E-state index contributed by atoms with van der Waals surface area (Å²) in [7, 11) is 0. The molecule has 0 aliphatic heterocycles. The first-order chi connectivity index (χ1) is 19.3. The van der Waals surface area contributed by atoms with Crippen LogP contribution in [0.25, 0.3) is 0 Å². The number of carbonyl (C=O) groups is 4. The van der Waals surface area contributed by atoms with Crippen LogP contribution in [0.4, 0.5) is 0 Å². The minimum Gasteiger partial charge on any atom is -0.480 e. The molecule has 4 N–H and O–H groups in total. The molecule has 10 nitrogen and oxygen atoms in total. The van der Waals surface area contributed by atoms with Crippen molar-refractivity contribution in [3.63, 3.8) is 0 Å². The Bertz CT molecular complexity index is 1130. The quantitative estimate of drug-likeness (QED) is 0.292. The number of allylic oxidation sites excluding steroid dienone is 2. The van der Waals surface area contributed by atoms with Crippen LogP contribution in [0.5, 0.6) is 0 Å². The summed E-state index contributed by atoms with van der Waals surface area (Å²) >= 11 is 0. The average Bonchev–Trinajstić information content (AvgIpc) is 3.20. The monoisotopic (exact) mass is 573 g/mol. The van der Waals surface area contributed by atoms with Gasteiger partial charge in [0.25, 0.3) is 5.91 Å². The minimum absolute atomic E-state index is 0.0476. The Hall–Kier alpha value is -2.75. The van der Waals surface area contributed by atoms with Gasteiger partial charge in [-0.25, -0.2) is 4.79 Å². The van der Waals surface area contributed by atoms with Crippen LogP contribution in [0.3, 0.4) is 0 Å².